The zero-order chi connectivity index (χ0) is 14.7. The van der Waals surface area contributed by atoms with Crippen LogP contribution in [-0.2, 0) is 0 Å². The zero-order valence-corrected chi connectivity index (χ0v) is 12.9. The number of nitrogens with two attached hydrogens (primary N) is 1. The number of nitrogen functional groups attached to an aromatic ring is 1. The van der Waals surface area contributed by atoms with E-state index in [0.29, 0.717) is 11.1 Å². The number of aromatic nitrogens is 6. The molecule has 0 aliphatic carbocycles. The standard InChI is InChI=1S/C11H9BrN8S/c12-7-3-1-4-14-8(7)21-11-17-9(19-13)16-10(18-11)20-6-2-5-15-20/h1-6H,13H2,(H,16,17,18,19). The monoisotopic (exact) mass is 364 g/mol. The summed E-state index contributed by atoms with van der Waals surface area (Å²) in [5.41, 5.74) is 2.42. The molecule has 0 aromatic carbocycles. The van der Waals surface area contributed by atoms with Crippen molar-refractivity contribution < 1.29 is 0 Å². The molecule has 10 heteroatoms. The summed E-state index contributed by atoms with van der Waals surface area (Å²) in [5.74, 6) is 6.03. The molecule has 0 saturated heterocycles. The molecule has 0 bridgehead atoms. The number of nitrogens with one attached hydrogen (secondary N) is 1. The van der Waals surface area contributed by atoms with Gasteiger partial charge in [-0.3, -0.25) is 5.43 Å². The molecule has 0 saturated carbocycles. The lowest BCUT2D eigenvalue weighted by Gasteiger charge is -2.06. The molecule has 0 aliphatic heterocycles. The number of anilines is 1. The van der Waals surface area contributed by atoms with Crippen LogP contribution in [0.1, 0.15) is 0 Å². The molecule has 3 heterocycles. The van der Waals surface area contributed by atoms with Gasteiger partial charge in [-0.2, -0.15) is 20.1 Å². The first kappa shape index (κ1) is 13.9. The van der Waals surface area contributed by atoms with Gasteiger partial charge in [-0.05, 0) is 45.9 Å². The van der Waals surface area contributed by atoms with Gasteiger partial charge in [0.05, 0.1) is 4.47 Å². The fourth-order valence-corrected chi connectivity index (χ4v) is 2.69. The lowest BCUT2D eigenvalue weighted by atomic mass is 10.5. The van der Waals surface area contributed by atoms with Crippen molar-refractivity contribution in [3.8, 4) is 5.95 Å². The van der Waals surface area contributed by atoms with Gasteiger partial charge in [0, 0.05) is 18.6 Å². The highest BCUT2D eigenvalue weighted by atomic mass is 79.9. The average molecular weight is 365 g/mol. The van der Waals surface area contributed by atoms with Crippen molar-refractivity contribution in [1.82, 2.24) is 29.7 Å². The quantitative estimate of drug-likeness (QED) is 0.531. The Kier molecular flexibility index (Phi) is 4.08. The largest absolute Gasteiger partial charge is 0.292 e. The summed E-state index contributed by atoms with van der Waals surface area (Å²) in [4.78, 5) is 17.0. The SMILES string of the molecule is NNc1nc(Sc2ncccc2Br)nc(-n2cccn2)n1. The molecule has 106 valence electrons. The maximum atomic E-state index is 5.40. The predicted octanol–water partition coefficient (Wildman–Crippen LogP) is 1.65. The second kappa shape index (κ2) is 6.16. The molecule has 3 N–H and O–H groups in total. The maximum absolute atomic E-state index is 5.40. The first-order valence-electron chi connectivity index (χ1n) is 5.77. The summed E-state index contributed by atoms with van der Waals surface area (Å²) in [6.07, 6.45) is 5.08. The molecule has 21 heavy (non-hydrogen) atoms. The Morgan fingerprint density at radius 2 is 2.10 bits per heavy atom. The molecule has 0 unspecified atom stereocenters. The number of nitrogens with zero attached hydrogens (tertiary/aromatic N) is 6. The number of pyridine rings is 1. The molecular weight excluding hydrogens is 356 g/mol. The normalized spacial score (nSPS) is 10.6. The van der Waals surface area contributed by atoms with Gasteiger partial charge in [0.2, 0.25) is 11.1 Å². The molecule has 3 aromatic rings. The summed E-state index contributed by atoms with van der Waals surface area (Å²) < 4.78 is 2.39. The smallest absolute Gasteiger partial charge is 0.256 e. The topological polar surface area (TPSA) is 107 Å². The molecular formula is C11H9BrN8S. The van der Waals surface area contributed by atoms with Crippen LogP contribution in [0.2, 0.25) is 0 Å². The van der Waals surface area contributed by atoms with Crippen LogP contribution in [0.5, 0.6) is 0 Å². The zero-order valence-electron chi connectivity index (χ0n) is 10.5. The third kappa shape index (κ3) is 3.17. The van der Waals surface area contributed by atoms with E-state index < -0.39 is 0 Å². The van der Waals surface area contributed by atoms with Gasteiger partial charge >= 0.3 is 0 Å². The van der Waals surface area contributed by atoms with Crippen LogP contribution in [0, 0.1) is 0 Å². The first-order chi connectivity index (χ1) is 10.3. The van der Waals surface area contributed by atoms with E-state index in [0.717, 1.165) is 9.50 Å². The van der Waals surface area contributed by atoms with E-state index in [1.54, 1.807) is 24.7 Å². The van der Waals surface area contributed by atoms with Crippen LogP contribution in [-0.4, -0.2) is 29.7 Å². The second-order valence-electron chi connectivity index (χ2n) is 3.73. The van der Waals surface area contributed by atoms with Gasteiger partial charge < -0.3 is 0 Å². The van der Waals surface area contributed by atoms with Crippen LogP contribution in [0.15, 0.2) is 51.4 Å². The van der Waals surface area contributed by atoms with Gasteiger partial charge in [-0.15, -0.1) is 0 Å². The van der Waals surface area contributed by atoms with E-state index in [1.165, 1.54) is 16.4 Å². The van der Waals surface area contributed by atoms with Gasteiger partial charge in [0.1, 0.15) is 5.03 Å². The van der Waals surface area contributed by atoms with E-state index in [-0.39, 0.29) is 5.95 Å². The summed E-state index contributed by atoms with van der Waals surface area (Å²) in [6.45, 7) is 0. The summed E-state index contributed by atoms with van der Waals surface area (Å²) in [7, 11) is 0. The van der Waals surface area contributed by atoms with Crippen LogP contribution < -0.4 is 11.3 Å². The Labute approximate surface area is 132 Å². The molecule has 0 aliphatic rings. The molecule has 3 rings (SSSR count). The lowest BCUT2D eigenvalue weighted by molar-refractivity contribution is 0.760. The Balaban J connectivity index is 1.99. The summed E-state index contributed by atoms with van der Waals surface area (Å²) >= 11 is 4.73. The highest BCUT2D eigenvalue weighted by Gasteiger charge is 2.11. The van der Waals surface area contributed by atoms with Crippen LogP contribution >= 0.6 is 27.7 Å². The number of rotatable bonds is 4. The fraction of sp³-hybridized carbons (Fsp3) is 0. The third-order valence-electron chi connectivity index (χ3n) is 2.35. The van der Waals surface area contributed by atoms with E-state index >= 15 is 0 Å². The van der Waals surface area contributed by atoms with E-state index in [1.807, 2.05) is 12.1 Å². The summed E-state index contributed by atoms with van der Waals surface area (Å²) in [5, 5.41) is 5.30. The molecule has 3 aromatic heterocycles. The van der Waals surface area contributed by atoms with Crippen molar-refractivity contribution in [2.45, 2.75) is 10.2 Å². The van der Waals surface area contributed by atoms with Crippen molar-refractivity contribution >= 4 is 33.6 Å². The van der Waals surface area contributed by atoms with Gasteiger partial charge in [-0.1, -0.05) is 0 Å². The molecule has 0 spiro atoms. The average Bonchev–Trinajstić information content (AvgIpc) is 3.04. The summed E-state index contributed by atoms with van der Waals surface area (Å²) in [6, 6.07) is 5.51. The maximum Gasteiger partial charge on any atom is 0.256 e. The van der Waals surface area contributed by atoms with Crippen molar-refractivity contribution in [2.24, 2.45) is 5.84 Å². The van der Waals surface area contributed by atoms with Crippen LogP contribution in [0.25, 0.3) is 5.95 Å². The predicted molar refractivity (Wildman–Crippen MR) is 80.8 cm³/mol. The van der Waals surface area contributed by atoms with Crippen molar-refractivity contribution in [2.75, 3.05) is 5.43 Å². The van der Waals surface area contributed by atoms with Crippen LogP contribution in [0.3, 0.4) is 0 Å². The molecule has 8 nitrogen and oxygen atoms in total. The van der Waals surface area contributed by atoms with Gasteiger partial charge in [0.15, 0.2) is 0 Å². The third-order valence-corrected chi connectivity index (χ3v) is 4.14. The number of halogens is 1. The molecule has 0 amide bonds. The Bertz CT molecular complexity index is 748. The van der Waals surface area contributed by atoms with E-state index in [4.69, 9.17) is 5.84 Å². The lowest BCUT2D eigenvalue weighted by Crippen LogP contribution is -2.14. The Morgan fingerprint density at radius 3 is 2.81 bits per heavy atom. The molecule has 0 atom stereocenters. The van der Waals surface area contributed by atoms with Crippen molar-refractivity contribution in [1.29, 1.82) is 0 Å². The second-order valence-corrected chi connectivity index (χ2v) is 5.54. The number of hydrogen-bond donors (Lipinski definition) is 2. The molecule has 0 radical (unpaired) electrons. The van der Waals surface area contributed by atoms with Gasteiger partial charge in [0.25, 0.3) is 5.95 Å². The minimum absolute atomic E-state index is 0.255. The minimum atomic E-state index is 0.255. The van der Waals surface area contributed by atoms with Crippen LogP contribution in [0.4, 0.5) is 5.95 Å². The van der Waals surface area contributed by atoms with E-state index in [9.17, 15) is 0 Å². The highest BCUT2D eigenvalue weighted by molar-refractivity contribution is 9.10. The van der Waals surface area contributed by atoms with Gasteiger partial charge in [-0.25, -0.2) is 15.5 Å². The minimum Gasteiger partial charge on any atom is -0.292 e. The Hall–Kier alpha value is -2.04. The molecule has 0 fully saturated rings. The van der Waals surface area contributed by atoms with Crippen molar-refractivity contribution in [3.63, 3.8) is 0 Å². The first-order valence-corrected chi connectivity index (χ1v) is 7.38. The highest BCUT2D eigenvalue weighted by Crippen LogP contribution is 2.29. The number of hydrazine groups is 1. The number of hydrogen-bond acceptors (Lipinski definition) is 8. The van der Waals surface area contributed by atoms with E-state index in [2.05, 4.69) is 46.4 Å². The Morgan fingerprint density at radius 1 is 1.19 bits per heavy atom. The fourth-order valence-electron chi connectivity index (χ4n) is 1.48. The van der Waals surface area contributed by atoms with Crippen molar-refractivity contribution in [3.05, 3.63) is 41.3 Å².